The summed E-state index contributed by atoms with van der Waals surface area (Å²) in [4.78, 5) is 16.6. The molecule has 1 spiro atoms. The number of aromatic nitrogens is 7. The highest BCUT2D eigenvalue weighted by Gasteiger charge is 2.54. The fourth-order valence-electron chi connectivity index (χ4n) is 12.4. The van der Waals surface area contributed by atoms with Crippen molar-refractivity contribution in [2.24, 2.45) is 5.41 Å². The molecular weight excluding hydrogens is 923 g/mol. The van der Waals surface area contributed by atoms with Crippen LogP contribution in [0.5, 0.6) is 0 Å². The van der Waals surface area contributed by atoms with Crippen molar-refractivity contribution in [1.29, 1.82) is 0 Å². The Labute approximate surface area is 458 Å². The predicted molar refractivity (Wildman–Crippen MR) is 317 cm³/mol. The molecule has 4 heterocycles. The second kappa shape index (κ2) is 21.8. The number of hydrogen-bond donors (Lipinski definition) is 0. The van der Waals surface area contributed by atoms with Crippen LogP contribution in [0.1, 0.15) is 354 Å². The maximum atomic E-state index is 5.08. The third-order valence-corrected chi connectivity index (χ3v) is 19.6. The molecule has 6 aliphatic carbocycles. The normalized spacial score (nSPS) is 21.3. The minimum Gasteiger partial charge on any atom is -0.331 e. The van der Waals surface area contributed by atoms with Crippen molar-refractivity contribution >= 4 is 11.3 Å². The molecule has 416 valence electrons. The van der Waals surface area contributed by atoms with Crippen molar-refractivity contribution in [1.82, 2.24) is 33.9 Å². The topological polar surface area (TPSA) is 66.3 Å². The zero-order valence-corrected chi connectivity index (χ0v) is 52.6. The van der Waals surface area contributed by atoms with E-state index in [4.69, 9.17) is 20.1 Å². The molecule has 1 atom stereocenters. The van der Waals surface area contributed by atoms with Crippen LogP contribution < -0.4 is 0 Å². The Kier molecular flexibility index (Phi) is 17.4. The van der Waals surface area contributed by atoms with Crippen LogP contribution in [-0.4, -0.2) is 33.9 Å². The highest BCUT2D eigenvalue weighted by atomic mass is 32.1. The van der Waals surface area contributed by atoms with Gasteiger partial charge in [-0.3, -0.25) is 4.68 Å². The van der Waals surface area contributed by atoms with Gasteiger partial charge in [0.1, 0.15) is 11.6 Å². The van der Waals surface area contributed by atoms with Gasteiger partial charge in [-0.25, -0.2) is 15.0 Å². The Balaban J connectivity index is 0.000000144. The molecule has 4 aromatic heterocycles. The molecule has 6 aliphatic rings. The van der Waals surface area contributed by atoms with Crippen LogP contribution in [0.25, 0.3) is 0 Å². The van der Waals surface area contributed by atoms with E-state index < -0.39 is 0 Å². The number of rotatable bonds is 5. The SMILES string of the molecule is CC(C)(C)c1cc(C(C)(C)C)n(C2CCCC23CC3)n1.CC(C)(C)c1cn(C(C)(C)C)c(C2CCCC2)n1.CC(C)(C)c1cn(C2CCC2)c(C2CCCC2)n1.CC(C)(C)c1nc(C2CCCC2)c(C(C)(C)C)s1. The van der Waals surface area contributed by atoms with Gasteiger partial charge in [0.05, 0.1) is 33.8 Å². The number of hydrogen-bond acceptors (Lipinski definition) is 5. The van der Waals surface area contributed by atoms with Crippen LogP contribution in [0.4, 0.5) is 0 Å². The van der Waals surface area contributed by atoms with Crippen molar-refractivity contribution in [3.05, 3.63) is 68.5 Å². The van der Waals surface area contributed by atoms with Gasteiger partial charge in [0.25, 0.3) is 0 Å². The predicted octanol–water partition coefficient (Wildman–Crippen LogP) is 19.5. The molecule has 1 unspecified atom stereocenters. The van der Waals surface area contributed by atoms with Gasteiger partial charge in [-0.2, -0.15) is 5.10 Å². The van der Waals surface area contributed by atoms with Crippen molar-refractivity contribution in [2.75, 3.05) is 0 Å². The highest BCUT2D eigenvalue weighted by molar-refractivity contribution is 7.12. The summed E-state index contributed by atoms with van der Waals surface area (Å²) in [5, 5.41) is 6.40. The lowest BCUT2D eigenvalue weighted by Gasteiger charge is -2.29. The molecule has 4 aromatic rings. The Morgan fingerprint density at radius 2 is 0.946 bits per heavy atom. The fraction of sp³-hybridized carbons (Fsp3) is 0.818. The Morgan fingerprint density at radius 3 is 1.38 bits per heavy atom. The highest BCUT2D eigenvalue weighted by Crippen LogP contribution is 2.63. The Morgan fingerprint density at radius 1 is 0.459 bits per heavy atom. The van der Waals surface area contributed by atoms with Gasteiger partial charge in [0, 0.05) is 79.4 Å². The number of thiazole rings is 1. The van der Waals surface area contributed by atoms with Gasteiger partial charge in [-0.05, 0) is 121 Å². The quantitative estimate of drug-likeness (QED) is 0.200. The second-order valence-electron chi connectivity index (χ2n) is 31.8. The van der Waals surface area contributed by atoms with Gasteiger partial charge in [-0.15, -0.1) is 11.3 Å². The van der Waals surface area contributed by atoms with Crippen LogP contribution in [0.2, 0.25) is 0 Å². The first kappa shape index (κ1) is 58.9. The smallest absolute Gasteiger partial charge is 0.112 e. The first-order valence-corrected chi connectivity index (χ1v) is 31.2. The molecule has 8 heteroatoms. The number of nitrogens with zero attached hydrogens (tertiary/aromatic N) is 7. The van der Waals surface area contributed by atoms with Gasteiger partial charge in [0.15, 0.2) is 0 Å². The average Bonchev–Trinajstić information content (AvgIpc) is 4.06. The summed E-state index contributed by atoms with van der Waals surface area (Å²) in [5.41, 5.74) is 8.44. The van der Waals surface area contributed by atoms with Gasteiger partial charge >= 0.3 is 0 Å². The molecule has 0 amide bonds. The van der Waals surface area contributed by atoms with E-state index in [0.717, 1.165) is 17.9 Å². The lowest BCUT2D eigenvalue weighted by molar-refractivity contribution is 0.301. The average molecular weight is 1030 g/mol. The Bertz CT molecular complexity index is 2350. The van der Waals surface area contributed by atoms with Crippen molar-refractivity contribution in [3.8, 4) is 0 Å². The zero-order valence-electron chi connectivity index (χ0n) is 51.8. The summed E-state index contributed by atoms with van der Waals surface area (Å²) >= 11 is 1.95. The lowest BCUT2D eigenvalue weighted by atomic mass is 9.87. The third-order valence-electron chi connectivity index (χ3n) is 17.7. The van der Waals surface area contributed by atoms with E-state index in [1.807, 2.05) is 11.3 Å². The van der Waals surface area contributed by atoms with E-state index in [-0.39, 0.29) is 38.0 Å². The standard InChI is InChI=1S/C18H30N2.C16H26N2.C16H28N2.C16H27NS/c1-16(2,3)13-12-15(17(4,5)6)20(19-13)14-8-7-9-18(14)10-11-18;1-16(2,3)14-11-18(13-9-6-10-13)15(17-14)12-7-4-5-8-12;1-15(2,3)13-11-18(16(4,5)6)14(17-13)12-9-7-8-10-12;1-15(2,3)13-12(11-9-7-8-10-11)17-14(18-13)16(4,5)6/h12,14H,7-11H2,1-6H3;11-13H,4-10H2,1-3H3;11-12H,7-10H2,1-6H3;11H,7-10H2,1-6H3. The van der Waals surface area contributed by atoms with Crippen molar-refractivity contribution in [2.45, 2.75) is 342 Å². The van der Waals surface area contributed by atoms with Crippen LogP contribution >= 0.6 is 11.3 Å². The third kappa shape index (κ3) is 13.9. The maximum Gasteiger partial charge on any atom is 0.112 e. The first-order valence-electron chi connectivity index (χ1n) is 30.4. The Hall–Kier alpha value is -2.74. The maximum absolute atomic E-state index is 5.08. The molecule has 0 aromatic carbocycles. The van der Waals surface area contributed by atoms with Gasteiger partial charge in [0.2, 0.25) is 0 Å². The summed E-state index contributed by atoms with van der Waals surface area (Å²) in [6.07, 6.45) is 32.1. The van der Waals surface area contributed by atoms with Crippen LogP contribution in [0.3, 0.4) is 0 Å². The molecule has 6 fully saturated rings. The van der Waals surface area contributed by atoms with E-state index in [0.29, 0.717) is 17.4 Å². The van der Waals surface area contributed by atoms with Crippen molar-refractivity contribution in [3.63, 3.8) is 0 Å². The summed E-state index contributed by atoms with van der Waals surface area (Å²) in [7, 11) is 0. The molecule has 0 radical (unpaired) electrons. The molecule has 10 rings (SSSR count). The van der Waals surface area contributed by atoms with Crippen LogP contribution in [-0.2, 0) is 38.0 Å². The minimum atomic E-state index is 0.133. The van der Waals surface area contributed by atoms with Crippen molar-refractivity contribution < 1.29 is 0 Å². The molecule has 7 nitrogen and oxygen atoms in total. The molecule has 74 heavy (non-hydrogen) atoms. The van der Waals surface area contributed by atoms with E-state index in [1.54, 1.807) is 0 Å². The summed E-state index contributed by atoms with van der Waals surface area (Å²) in [5.74, 6) is 4.88. The monoisotopic (exact) mass is 1030 g/mol. The van der Waals surface area contributed by atoms with Gasteiger partial charge < -0.3 is 9.13 Å². The number of imidazole rings is 2. The zero-order chi connectivity index (χ0) is 54.6. The first-order chi connectivity index (χ1) is 34.1. The van der Waals surface area contributed by atoms with E-state index in [1.165, 1.54) is 178 Å². The summed E-state index contributed by atoms with van der Waals surface area (Å²) < 4.78 is 7.39. The molecule has 0 saturated heterocycles. The van der Waals surface area contributed by atoms with E-state index in [9.17, 15) is 0 Å². The van der Waals surface area contributed by atoms with E-state index >= 15 is 0 Å². The minimum absolute atomic E-state index is 0.133. The summed E-state index contributed by atoms with van der Waals surface area (Å²) in [6, 6.07) is 3.78. The molecule has 0 aliphatic heterocycles. The molecular formula is C66H111N7S. The molecule has 0 N–H and O–H groups in total. The fourth-order valence-corrected chi connectivity index (χ4v) is 13.7. The van der Waals surface area contributed by atoms with Gasteiger partial charge in [-0.1, -0.05) is 170 Å². The van der Waals surface area contributed by atoms with E-state index in [2.05, 4.69) is 178 Å². The molecule has 6 saturated carbocycles. The summed E-state index contributed by atoms with van der Waals surface area (Å²) in [6.45, 7) is 48.0. The second-order valence-corrected chi connectivity index (χ2v) is 32.8. The van der Waals surface area contributed by atoms with Crippen LogP contribution in [0.15, 0.2) is 18.5 Å². The largest absolute Gasteiger partial charge is 0.331 e. The lowest BCUT2D eigenvalue weighted by Crippen LogP contribution is -2.25. The van der Waals surface area contributed by atoms with Crippen LogP contribution in [0, 0.1) is 5.41 Å². The molecule has 0 bridgehead atoms.